The lowest BCUT2D eigenvalue weighted by atomic mass is 9.97. The van der Waals surface area contributed by atoms with E-state index >= 15 is 0 Å². The van der Waals surface area contributed by atoms with Gasteiger partial charge in [0.1, 0.15) is 0 Å². The summed E-state index contributed by atoms with van der Waals surface area (Å²) in [6.07, 6.45) is 0.897. The number of nitrogens with zero attached hydrogens (tertiary/aromatic N) is 2. The standard InChI is InChI=1S/C23H21FN4O4S/c24-19-6-5-18(11-20(19)28(31)32)26-23(30)22(29)25-12-21(17-8-10-33-14-17)27-9-7-15-3-1-2-4-16(15)13-27/h1-6,8,10-11,14,21H,7,9,12-13H2,(H,25,29)(H,26,30). The van der Waals surface area contributed by atoms with E-state index in [0.29, 0.717) is 0 Å². The number of nitro benzene ring substituents is 1. The van der Waals surface area contributed by atoms with E-state index in [-0.39, 0.29) is 18.3 Å². The minimum absolute atomic E-state index is 0.0368. The van der Waals surface area contributed by atoms with Crippen LogP contribution < -0.4 is 10.6 Å². The molecule has 0 saturated carbocycles. The molecule has 0 bridgehead atoms. The molecule has 0 radical (unpaired) electrons. The zero-order chi connectivity index (χ0) is 23.4. The quantitative estimate of drug-likeness (QED) is 0.326. The molecule has 0 saturated heterocycles. The maximum Gasteiger partial charge on any atom is 0.313 e. The van der Waals surface area contributed by atoms with Crippen molar-refractivity contribution >= 4 is 34.5 Å². The summed E-state index contributed by atoms with van der Waals surface area (Å²) in [7, 11) is 0. The molecule has 1 atom stereocenters. The fourth-order valence-corrected chi connectivity index (χ4v) is 4.60. The minimum atomic E-state index is -1.02. The van der Waals surface area contributed by atoms with E-state index < -0.39 is 28.2 Å². The largest absolute Gasteiger partial charge is 0.346 e. The molecule has 4 rings (SSSR count). The van der Waals surface area contributed by atoms with Crippen molar-refractivity contribution < 1.29 is 18.9 Å². The lowest BCUT2D eigenvalue weighted by Crippen LogP contribution is -2.43. The van der Waals surface area contributed by atoms with Gasteiger partial charge in [-0.2, -0.15) is 15.7 Å². The molecule has 0 aliphatic carbocycles. The zero-order valence-corrected chi connectivity index (χ0v) is 18.3. The number of nitro groups is 1. The first-order chi connectivity index (χ1) is 15.9. The smallest absolute Gasteiger partial charge is 0.313 e. The van der Waals surface area contributed by atoms with Gasteiger partial charge >= 0.3 is 17.5 Å². The predicted octanol–water partition coefficient (Wildman–Crippen LogP) is 3.65. The van der Waals surface area contributed by atoms with E-state index in [1.165, 1.54) is 11.1 Å². The Hall–Kier alpha value is -3.63. The fourth-order valence-electron chi connectivity index (χ4n) is 3.89. The van der Waals surface area contributed by atoms with Crippen LogP contribution in [0.1, 0.15) is 22.7 Å². The Morgan fingerprint density at radius 3 is 2.67 bits per heavy atom. The average molecular weight is 469 g/mol. The normalized spacial score (nSPS) is 14.2. The number of fused-ring (bicyclic) bond motifs is 1. The number of hydrogen-bond acceptors (Lipinski definition) is 6. The molecule has 8 nitrogen and oxygen atoms in total. The van der Waals surface area contributed by atoms with Crippen molar-refractivity contribution in [1.82, 2.24) is 10.2 Å². The summed E-state index contributed by atoms with van der Waals surface area (Å²) in [6, 6.07) is 13.0. The molecular formula is C23H21FN4O4S. The van der Waals surface area contributed by atoms with Gasteiger partial charge in [-0.1, -0.05) is 24.3 Å². The van der Waals surface area contributed by atoms with Crippen LogP contribution in [-0.4, -0.2) is 34.7 Å². The second kappa shape index (κ2) is 9.88. The summed E-state index contributed by atoms with van der Waals surface area (Å²) in [6.45, 7) is 1.77. The first kappa shape index (κ1) is 22.6. The molecule has 170 valence electrons. The van der Waals surface area contributed by atoms with Crippen molar-refractivity contribution in [2.45, 2.75) is 19.0 Å². The van der Waals surface area contributed by atoms with Crippen LogP contribution in [0.4, 0.5) is 15.8 Å². The van der Waals surface area contributed by atoms with E-state index in [1.807, 2.05) is 29.0 Å². The number of rotatable bonds is 6. The lowest BCUT2D eigenvalue weighted by molar-refractivity contribution is -0.387. The number of nitrogens with one attached hydrogen (secondary N) is 2. The molecule has 2 aromatic carbocycles. The Kier molecular flexibility index (Phi) is 6.76. The van der Waals surface area contributed by atoms with Gasteiger partial charge in [0, 0.05) is 31.4 Å². The summed E-state index contributed by atoms with van der Waals surface area (Å²) in [5, 5.41) is 19.8. The maximum absolute atomic E-state index is 13.5. The van der Waals surface area contributed by atoms with Crippen LogP contribution in [0.3, 0.4) is 0 Å². The van der Waals surface area contributed by atoms with Gasteiger partial charge in [0.05, 0.1) is 11.0 Å². The van der Waals surface area contributed by atoms with Crippen LogP contribution in [0.2, 0.25) is 0 Å². The Balaban J connectivity index is 1.42. The van der Waals surface area contributed by atoms with E-state index in [0.717, 1.165) is 43.3 Å². The SMILES string of the molecule is O=C(NCC(c1ccsc1)N1CCc2ccccc2C1)C(=O)Nc1ccc(F)c([N+](=O)[O-])c1. The summed E-state index contributed by atoms with van der Waals surface area (Å²) in [5.41, 5.74) is 2.79. The van der Waals surface area contributed by atoms with E-state index in [4.69, 9.17) is 0 Å². The number of anilines is 1. The highest BCUT2D eigenvalue weighted by Crippen LogP contribution is 2.29. The van der Waals surface area contributed by atoms with Crippen LogP contribution in [0.25, 0.3) is 0 Å². The van der Waals surface area contributed by atoms with E-state index in [1.54, 1.807) is 11.3 Å². The third-order valence-electron chi connectivity index (χ3n) is 5.59. The summed E-state index contributed by atoms with van der Waals surface area (Å²) in [4.78, 5) is 37.0. The molecule has 2 amide bonds. The first-order valence-corrected chi connectivity index (χ1v) is 11.2. The predicted molar refractivity (Wildman–Crippen MR) is 122 cm³/mol. The molecule has 2 N–H and O–H groups in total. The van der Waals surface area contributed by atoms with Crippen LogP contribution in [-0.2, 0) is 22.6 Å². The summed E-state index contributed by atoms with van der Waals surface area (Å²) >= 11 is 1.56. The molecule has 1 aliphatic rings. The molecule has 0 fully saturated rings. The number of thiophene rings is 1. The molecular weight excluding hydrogens is 447 g/mol. The molecule has 10 heteroatoms. The number of carbonyl (C=O) groups excluding carboxylic acids is 2. The molecule has 33 heavy (non-hydrogen) atoms. The van der Waals surface area contributed by atoms with Gasteiger partial charge in [-0.25, -0.2) is 0 Å². The highest BCUT2D eigenvalue weighted by atomic mass is 32.1. The summed E-state index contributed by atoms with van der Waals surface area (Å²) in [5.74, 6) is -2.88. The Morgan fingerprint density at radius 2 is 1.94 bits per heavy atom. The van der Waals surface area contributed by atoms with Crippen molar-refractivity contribution in [1.29, 1.82) is 0 Å². The van der Waals surface area contributed by atoms with E-state index in [2.05, 4.69) is 27.7 Å². The maximum atomic E-state index is 13.5. The molecule has 1 aromatic heterocycles. The first-order valence-electron chi connectivity index (χ1n) is 10.3. The van der Waals surface area contributed by atoms with E-state index in [9.17, 15) is 24.1 Å². The summed E-state index contributed by atoms with van der Waals surface area (Å²) < 4.78 is 13.5. The molecule has 0 spiro atoms. The van der Waals surface area contributed by atoms with Crippen LogP contribution >= 0.6 is 11.3 Å². The van der Waals surface area contributed by atoms with Gasteiger partial charge in [-0.3, -0.25) is 24.6 Å². The van der Waals surface area contributed by atoms with Crippen molar-refractivity contribution in [3.63, 3.8) is 0 Å². The Labute approximate surface area is 193 Å². The van der Waals surface area contributed by atoms with Gasteiger partial charge in [0.15, 0.2) is 0 Å². The highest BCUT2D eigenvalue weighted by molar-refractivity contribution is 7.08. The third kappa shape index (κ3) is 5.24. The second-order valence-corrected chi connectivity index (χ2v) is 8.43. The fraction of sp³-hybridized carbons (Fsp3) is 0.217. The van der Waals surface area contributed by atoms with Crippen molar-refractivity contribution in [3.05, 3.63) is 91.9 Å². The monoisotopic (exact) mass is 468 g/mol. The van der Waals surface area contributed by atoms with Gasteiger partial charge in [-0.05, 0) is 52.1 Å². The van der Waals surface area contributed by atoms with Crippen molar-refractivity contribution in [2.75, 3.05) is 18.4 Å². The number of amides is 2. The third-order valence-corrected chi connectivity index (χ3v) is 6.29. The van der Waals surface area contributed by atoms with Gasteiger partial charge in [0.25, 0.3) is 0 Å². The minimum Gasteiger partial charge on any atom is -0.346 e. The van der Waals surface area contributed by atoms with Gasteiger partial charge in [0.2, 0.25) is 5.82 Å². The molecule has 1 unspecified atom stereocenters. The van der Waals surface area contributed by atoms with Crippen molar-refractivity contribution in [3.8, 4) is 0 Å². The van der Waals surface area contributed by atoms with Crippen LogP contribution in [0.5, 0.6) is 0 Å². The van der Waals surface area contributed by atoms with Crippen molar-refractivity contribution in [2.24, 2.45) is 0 Å². The number of halogens is 1. The zero-order valence-electron chi connectivity index (χ0n) is 17.5. The molecule has 1 aliphatic heterocycles. The highest BCUT2D eigenvalue weighted by Gasteiger charge is 2.26. The Bertz CT molecular complexity index is 1180. The topological polar surface area (TPSA) is 105 Å². The van der Waals surface area contributed by atoms with Crippen LogP contribution in [0.15, 0.2) is 59.3 Å². The van der Waals surface area contributed by atoms with Gasteiger partial charge < -0.3 is 10.6 Å². The van der Waals surface area contributed by atoms with Gasteiger partial charge in [-0.15, -0.1) is 0 Å². The number of hydrogen-bond donors (Lipinski definition) is 2. The van der Waals surface area contributed by atoms with Crippen LogP contribution in [0, 0.1) is 15.9 Å². The molecule has 3 aromatic rings. The Morgan fingerprint density at radius 1 is 1.15 bits per heavy atom. The lowest BCUT2D eigenvalue weighted by Gasteiger charge is -2.35. The second-order valence-electron chi connectivity index (χ2n) is 7.65. The molecule has 2 heterocycles. The number of benzene rings is 2. The number of carbonyl (C=O) groups is 2. The average Bonchev–Trinajstić information content (AvgIpc) is 3.34.